The Morgan fingerprint density at radius 3 is 2.42 bits per heavy atom. The molecule has 186 valence electrons. The van der Waals surface area contributed by atoms with E-state index in [-0.39, 0.29) is 18.1 Å². The van der Waals surface area contributed by atoms with E-state index in [9.17, 15) is 9.59 Å². The Morgan fingerprint density at radius 1 is 1.06 bits per heavy atom. The van der Waals surface area contributed by atoms with Crippen molar-refractivity contribution in [2.45, 2.75) is 27.4 Å². The number of halogens is 1. The number of fused-ring (bicyclic) bond motifs is 1. The summed E-state index contributed by atoms with van der Waals surface area (Å²) in [5, 5.41) is 9.08. The van der Waals surface area contributed by atoms with E-state index >= 15 is 0 Å². The zero-order chi connectivity index (χ0) is 25.8. The van der Waals surface area contributed by atoms with E-state index in [0.29, 0.717) is 36.1 Å². The van der Waals surface area contributed by atoms with Crippen molar-refractivity contribution in [2.24, 2.45) is 5.92 Å². The van der Waals surface area contributed by atoms with E-state index in [1.54, 1.807) is 24.3 Å². The third-order valence-corrected chi connectivity index (χ3v) is 6.45. The zero-order valence-corrected chi connectivity index (χ0v) is 22.0. The van der Waals surface area contributed by atoms with Gasteiger partial charge in [-0.05, 0) is 60.4 Å². The van der Waals surface area contributed by atoms with Gasteiger partial charge in [0.05, 0.1) is 17.9 Å². The second kappa shape index (κ2) is 11.0. The predicted molar refractivity (Wildman–Crippen MR) is 145 cm³/mol. The molecule has 0 spiro atoms. The largest absolute Gasteiger partial charge is 0.490 e. The molecule has 1 aliphatic rings. The van der Waals surface area contributed by atoms with E-state index in [1.165, 1.54) is 0 Å². The minimum atomic E-state index is -0.967. The van der Waals surface area contributed by atoms with E-state index in [0.717, 1.165) is 26.9 Å². The van der Waals surface area contributed by atoms with Crippen LogP contribution in [-0.4, -0.2) is 30.1 Å². The minimum Gasteiger partial charge on any atom is -0.490 e. The molecule has 3 aromatic carbocycles. The Kier molecular flexibility index (Phi) is 7.79. The molecular formula is C29H28BrNO5. The molecule has 0 aliphatic carbocycles. The van der Waals surface area contributed by atoms with Gasteiger partial charge in [-0.25, -0.2) is 4.79 Å². The third-order valence-electron chi connectivity index (χ3n) is 5.77. The molecule has 0 saturated carbocycles. The maximum absolute atomic E-state index is 13.4. The first-order chi connectivity index (χ1) is 17.3. The highest BCUT2D eigenvalue weighted by atomic mass is 79.9. The molecule has 1 aliphatic heterocycles. The molecule has 1 N–H and O–H groups in total. The topological polar surface area (TPSA) is 76.1 Å². The number of rotatable bonds is 9. The van der Waals surface area contributed by atoms with Gasteiger partial charge >= 0.3 is 5.97 Å². The van der Waals surface area contributed by atoms with Crippen molar-refractivity contribution in [3.63, 3.8) is 0 Å². The first-order valence-electron chi connectivity index (χ1n) is 11.8. The van der Waals surface area contributed by atoms with Crippen LogP contribution < -0.4 is 14.4 Å². The summed E-state index contributed by atoms with van der Waals surface area (Å²) in [6.45, 7) is 7.45. The summed E-state index contributed by atoms with van der Waals surface area (Å²) in [5.41, 5.74) is 4.35. The van der Waals surface area contributed by atoms with Crippen LogP contribution in [0.15, 0.2) is 65.1 Å². The monoisotopic (exact) mass is 549 g/mol. The van der Waals surface area contributed by atoms with Gasteiger partial charge in [-0.1, -0.05) is 60.1 Å². The quantitative estimate of drug-likeness (QED) is 0.301. The molecule has 0 atom stereocenters. The molecule has 0 saturated heterocycles. The van der Waals surface area contributed by atoms with Crippen LogP contribution in [0.2, 0.25) is 0 Å². The van der Waals surface area contributed by atoms with Crippen molar-refractivity contribution >= 4 is 45.1 Å². The SMILES string of the molecule is CCOc1cc(/C=C2\C(=O)N(CC(C)C)c3ccccc32)c(Br)cc1OCc1ccc(C(=O)O)cc1. The van der Waals surface area contributed by atoms with E-state index in [1.807, 2.05) is 54.3 Å². The van der Waals surface area contributed by atoms with Gasteiger partial charge in [0.25, 0.3) is 5.91 Å². The number of nitrogens with zero attached hydrogens (tertiary/aromatic N) is 1. The third kappa shape index (κ3) is 5.46. The van der Waals surface area contributed by atoms with Crippen molar-refractivity contribution < 1.29 is 24.2 Å². The number of hydrogen-bond acceptors (Lipinski definition) is 4. The van der Waals surface area contributed by atoms with Gasteiger partial charge in [0.15, 0.2) is 11.5 Å². The van der Waals surface area contributed by atoms with Crippen LogP contribution in [0.3, 0.4) is 0 Å². The molecule has 0 aromatic heterocycles. The van der Waals surface area contributed by atoms with Crippen LogP contribution in [0.5, 0.6) is 11.5 Å². The second-order valence-corrected chi connectivity index (χ2v) is 9.78. The summed E-state index contributed by atoms with van der Waals surface area (Å²) >= 11 is 3.64. The lowest BCUT2D eigenvalue weighted by molar-refractivity contribution is -0.113. The summed E-state index contributed by atoms with van der Waals surface area (Å²) in [5.74, 6) is 0.472. The normalized spacial score (nSPS) is 13.9. The molecule has 0 unspecified atom stereocenters. The highest BCUT2D eigenvalue weighted by Crippen LogP contribution is 2.41. The summed E-state index contributed by atoms with van der Waals surface area (Å²) in [4.78, 5) is 26.3. The molecule has 0 radical (unpaired) electrons. The number of anilines is 1. The first-order valence-corrected chi connectivity index (χ1v) is 12.6. The molecule has 6 nitrogen and oxygen atoms in total. The van der Waals surface area contributed by atoms with E-state index in [4.69, 9.17) is 14.6 Å². The average Bonchev–Trinajstić information content (AvgIpc) is 3.11. The highest BCUT2D eigenvalue weighted by Gasteiger charge is 2.32. The Bertz CT molecular complexity index is 1310. The molecule has 1 amide bonds. The number of carboxylic acid groups (broad SMARTS) is 1. The Labute approximate surface area is 219 Å². The van der Waals surface area contributed by atoms with Crippen LogP contribution in [0.1, 0.15) is 47.8 Å². The van der Waals surface area contributed by atoms with Crippen molar-refractivity contribution in [1.82, 2.24) is 0 Å². The number of carbonyl (C=O) groups is 2. The molecule has 0 bridgehead atoms. The fourth-order valence-corrected chi connectivity index (χ4v) is 4.53. The Morgan fingerprint density at radius 2 is 1.75 bits per heavy atom. The standard InChI is InChI=1S/C29H28BrNO5/c1-4-35-26-14-21(13-23-22-7-5-6-8-25(22)31(28(23)32)16-18(2)3)24(30)15-27(26)36-17-19-9-11-20(12-10-19)29(33)34/h5-15,18H,4,16-17H2,1-3H3,(H,33,34)/b23-13-. The van der Waals surface area contributed by atoms with Gasteiger partial charge in [0.2, 0.25) is 0 Å². The van der Waals surface area contributed by atoms with Crippen LogP contribution in [0.25, 0.3) is 11.6 Å². The molecule has 3 aromatic rings. The van der Waals surface area contributed by atoms with Gasteiger partial charge in [0.1, 0.15) is 6.61 Å². The second-order valence-electron chi connectivity index (χ2n) is 8.93. The summed E-state index contributed by atoms with van der Waals surface area (Å²) < 4.78 is 12.6. The molecule has 36 heavy (non-hydrogen) atoms. The smallest absolute Gasteiger partial charge is 0.335 e. The Hall–Kier alpha value is -3.58. The molecule has 4 rings (SSSR count). The molecule has 0 fully saturated rings. The van der Waals surface area contributed by atoms with Gasteiger partial charge < -0.3 is 19.5 Å². The summed E-state index contributed by atoms with van der Waals surface area (Å²) in [7, 11) is 0. The summed E-state index contributed by atoms with van der Waals surface area (Å²) in [6, 6.07) is 18.1. The maximum atomic E-state index is 13.4. The lowest BCUT2D eigenvalue weighted by Gasteiger charge is -2.19. The number of hydrogen-bond donors (Lipinski definition) is 1. The maximum Gasteiger partial charge on any atom is 0.335 e. The van der Waals surface area contributed by atoms with E-state index in [2.05, 4.69) is 29.8 Å². The van der Waals surface area contributed by atoms with Gasteiger partial charge in [-0.3, -0.25) is 4.79 Å². The van der Waals surface area contributed by atoms with Crippen LogP contribution in [0, 0.1) is 5.92 Å². The predicted octanol–water partition coefficient (Wildman–Crippen LogP) is 6.67. The van der Waals surface area contributed by atoms with Crippen LogP contribution in [-0.2, 0) is 11.4 Å². The number of carbonyl (C=O) groups excluding carboxylic acids is 1. The molecule has 7 heteroatoms. The van der Waals surface area contributed by atoms with Crippen molar-refractivity contribution in [3.05, 3.63) is 87.4 Å². The fraction of sp³-hybridized carbons (Fsp3) is 0.241. The van der Waals surface area contributed by atoms with Gasteiger partial charge in [-0.15, -0.1) is 0 Å². The number of ether oxygens (including phenoxy) is 2. The van der Waals surface area contributed by atoms with Crippen molar-refractivity contribution in [2.75, 3.05) is 18.1 Å². The number of carboxylic acids is 1. The number of para-hydroxylation sites is 1. The van der Waals surface area contributed by atoms with Crippen molar-refractivity contribution in [3.8, 4) is 11.5 Å². The molecule has 1 heterocycles. The number of aromatic carboxylic acids is 1. The Balaban J connectivity index is 1.64. The lowest BCUT2D eigenvalue weighted by atomic mass is 10.0. The minimum absolute atomic E-state index is 0.0140. The van der Waals surface area contributed by atoms with Crippen LogP contribution in [0.4, 0.5) is 5.69 Å². The van der Waals surface area contributed by atoms with Crippen molar-refractivity contribution in [1.29, 1.82) is 0 Å². The van der Waals surface area contributed by atoms with Gasteiger partial charge in [0, 0.05) is 22.2 Å². The summed E-state index contributed by atoms with van der Waals surface area (Å²) in [6.07, 6.45) is 1.89. The van der Waals surface area contributed by atoms with Crippen LogP contribution >= 0.6 is 15.9 Å². The van der Waals surface area contributed by atoms with Gasteiger partial charge in [-0.2, -0.15) is 0 Å². The molecular weight excluding hydrogens is 522 g/mol. The average molecular weight is 550 g/mol. The number of benzene rings is 3. The fourth-order valence-electron chi connectivity index (χ4n) is 4.10. The highest BCUT2D eigenvalue weighted by molar-refractivity contribution is 9.10. The number of amides is 1. The first kappa shape index (κ1) is 25.5. The zero-order valence-electron chi connectivity index (χ0n) is 20.5. The lowest BCUT2D eigenvalue weighted by Crippen LogP contribution is -2.30. The van der Waals surface area contributed by atoms with E-state index < -0.39 is 5.97 Å².